The van der Waals surface area contributed by atoms with E-state index in [1.165, 1.54) is 0 Å². The lowest BCUT2D eigenvalue weighted by Gasteiger charge is -2.10. The minimum absolute atomic E-state index is 0.550. The Morgan fingerprint density at radius 2 is 1.07 bits per heavy atom. The number of benzene rings is 2. The number of carbonyl (C=O) groups is 2. The van der Waals surface area contributed by atoms with Crippen LogP contribution in [0.1, 0.15) is 30.4 Å². The summed E-state index contributed by atoms with van der Waals surface area (Å²) < 4.78 is 1.87. The standard InChI is InChI=1S/C19H20Br2N6O2/c20-14-8-4-12(5-9-14)16(24-26-18(22)28)2-1-3-17(25-27-19(23)29)13-6-10-15(21)11-7-13/h4-11H,1-3H2,(H3,22,26,28)(H3,23,27,29)/b24-16+,25-17+. The number of halogens is 2. The van der Waals surface area contributed by atoms with Gasteiger partial charge in [-0.1, -0.05) is 56.1 Å². The molecule has 2 aromatic carbocycles. The zero-order chi connectivity index (χ0) is 21.2. The summed E-state index contributed by atoms with van der Waals surface area (Å²) in [5.74, 6) is 0. The summed E-state index contributed by atoms with van der Waals surface area (Å²) >= 11 is 6.79. The van der Waals surface area contributed by atoms with Crippen molar-refractivity contribution in [3.63, 3.8) is 0 Å². The molecule has 0 fully saturated rings. The summed E-state index contributed by atoms with van der Waals surface area (Å²) in [6.07, 6.45) is 1.76. The average Bonchev–Trinajstić information content (AvgIpc) is 2.68. The molecule has 0 bridgehead atoms. The maximum atomic E-state index is 11.1. The topological polar surface area (TPSA) is 135 Å². The van der Waals surface area contributed by atoms with Crippen LogP contribution in [0.2, 0.25) is 0 Å². The molecule has 0 spiro atoms. The molecule has 0 unspecified atom stereocenters. The third kappa shape index (κ3) is 8.04. The zero-order valence-corrected chi connectivity index (χ0v) is 18.5. The van der Waals surface area contributed by atoms with Crippen LogP contribution < -0.4 is 22.3 Å². The first kappa shape index (κ1) is 22.6. The first-order valence-electron chi connectivity index (χ1n) is 8.61. The summed E-state index contributed by atoms with van der Waals surface area (Å²) in [6.45, 7) is 0. The van der Waals surface area contributed by atoms with Crippen LogP contribution in [0.3, 0.4) is 0 Å². The highest BCUT2D eigenvalue weighted by Crippen LogP contribution is 2.16. The summed E-state index contributed by atoms with van der Waals surface area (Å²) in [6, 6.07) is 13.7. The Labute approximate surface area is 185 Å². The smallest absolute Gasteiger partial charge is 0.332 e. The Morgan fingerprint density at radius 1 is 0.724 bits per heavy atom. The molecule has 0 radical (unpaired) electrons. The quantitative estimate of drug-likeness (QED) is 0.309. The molecule has 2 aromatic rings. The van der Waals surface area contributed by atoms with Crippen LogP contribution in [0.5, 0.6) is 0 Å². The molecule has 29 heavy (non-hydrogen) atoms. The van der Waals surface area contributed by atoms with Gasteiger partial charge in [-0.2, -0.15) is 10.2 Å². The number of nitrogens with two attached hydrogens (primary N) is 2. The van der Waals surface area contributed by atoms with Gasteiger partial charge in [0.2, 0.25) is 0 Å². The van der Waals surface area contributed by atoms with Crippen molar-refractivity contribution < 1.29 is 9.59 Å². The third-order valence-electron chi connectivity index (χ3n) is 3.78. The minimum atomic E-state index is -0.734. The summed E-state index contributed by atoms with van der Waals surface area (Å²) in [5, 5.41) is 8.24. The van der Waals surface area contributed by atoms with Gasteiger partial charge in [-0.05, 0) is 54.7 Å². The van der Waals surface area contributed by atoms with E-state index in [9.17, 15) is 9.59 Å². The molecule has 0 atom stereocenters. The van der Waals surface area contributed by atoms with E-state index in [-0.39, 0.29) is 0 Å². The van der Waals surface area contributed by atoms with Crippen LogP contribution in [0.15, 0.2) is 67.7 Å². The number of amides is 4. The lowest BCUT2D eigenvalue weighted by atomic mass is 10.0. The van der Waals surface area contributed by atoms with Crippen LogP contribution in [-0.2, 0) is 0 Å². The van der Waals surface area contributed by atoms with Gasteiger partial charge >= 0.3 is 12.1 Å². The Bertz CT molecular complexity index is 836. The fourth-order valence-corrected chi connectivity index (χ4v) is 3.01. The van der Waals surface area contributed by atoms with E-state index in [2.05, 4.69) is 52.9 Å². The van der Waals surface area contributed by atoms with Crippen molar-refractivity contribution in [1.82, 2.24) is 10.9 Å². The maximum absolute atomic E-state index is 11.1. The van der Waals surface area contributed by atoms with E-state index in [4.69, 9.17) is 11.5 Å². The molecular formula is C19H20Br2N6O2. The fourth-order valence-electron chi connectivity index (χ4n) is 2.48. The van der Waals surface area contributed by atoms with E-state index in [1.807, 2.05) is 48.5 Å². The van der Waals surface area contributed by atoms with Gasteiger partial charge in [-0.15, -0.1) is 0 Å². The molecule has 2 rings (SSSR count). The molecule has 0 heterocycles. The molecule has 0 aliphatic rings. The lowest BCUT2D eigenvalue weighted by Crippen LogP contribution is -2.26. The number of hydrazone groups is 2. The van der Waals surface area contributed by atoms with Crippen molar-refractivity contribution in [1.29, 1.82) is 0 Å². The molecule has 0 aromatic heterocycles. The van der Waals surface area contributed by atoms with Gasteiger partial charge in [0.05, 0.1) is 11.4 Å². The number of rotatable bonds is 8. The van der Waals surface area contributed by atoms with E-state index >= 15 is 0 Å². The van der Waals surface area contributed by atoms with Crippen molar-refractivity contribution in [2.24, 2.45) is 21.7 Å². The third-order valence-corrected chi connectivity index (χ3v) is 4.84. The monoisotopic (exact) mass is 522 g/mol. The van der Waals surface area contributed by atoms with Gasteiger partial charge in [0.15, 0.2) is 0 Å². The number of carbonyl (C=O) groups excluding carboxylic acids is 2. The van der Waals surface area contributed by atoms with E-state index in [0.717, 1.165) is 20.1 Å². The summed E-state index contributed by atoms with van der Waals surface area (Å²) in [5.41, 5.74) is 17.9. The zero-order valence-electron chi connectivity index (χ0n) is 15.4. The fraction of sp³-hybridized carbons (Fsp3) is 0.158. The van der Waals surface area contributed by atoms with Gasteiger partial charge in [0.1, 0.15) is 0 Å². The van der Waals surface area contributed by atoms with E-state index < -0.39 is 12.1 Å². The predicted octanol–water partition coefficient (Wildman–Crippen LogP) is 3.83. The first-order valence-corrected chi connectivity index (χ1v) is 10.2. The SMILES string of the molecule is NC(=O)N/N=C(\CCC/C(=N\NC(N)=O)c1ccc(Br)cc1)c1ccc(Br)cc1. The lowest BCUT2D eigenvalue weighted by molar-refractivity contribution is 0.248. The first-order chi connectivity index (χ1) is 13.8. The number of nitrogens with zero attached hydrogens (tertiary/aromatic N) is 2. The molecule has 8 nitrogen and oxygen atoms in total. The van der Waals surface area contributed by atoms with Crippen molar-refractivity contribution in [2.75, 3.05) is 0 Å². The molecule has 0 aliphatic carbocycles. The number of primary amides is 2. The Kier molecular flexibility index (Phi) is 8.81. The Balaban J connectivity index is 2.14. The van der Waals surface area contributed by atoms with Crippen molar-refractivity contribution in [3.8, 4) is 0 Å². The molecule has 6 N–H and O–H groups in total. The molecular weight excluding hydrogens is 504 g/mol. The van der Waals surface area contributed by atoms with Crippen LogP contribution >= 0.6 is 31.9 Å². The Morgan fingerprint density at radius 3 is 1.38 bits per heavy atom. The van der Waals surface area contributed by atoms with Crippen LogP contribution in [-0.4, -0.2) is 23.5 Å². The summed E-state index contributed by atoms with van der Waals surface area (Å²) in [4.78, 5) is 22.1. The van der Waals surface area contributed by atoms with Gasteiger partial charge < -0.3 is 11.5 Å². The normalized spacial score (nSPS) is 11.8. The van der Waals surface area contributed by atoms with Crippen molar-refractivity contribution in [2.45, 2.75) is 19.3 Å². The van der Waals surface area contributed by atoms with Crippen LogP contribution in [0, 0.1) is 0 Å². The number of urea groups is 2. The largest absolute Gasteiger partial charge is 0.350 e. The van der Waals surface area contributed by atoms with E-state index in [1.54, 1.807) is 0 Å². The average molecular weight is 524 g/mol. The van der Waals surface area contributed by atoms with Gasteiger partial charge in [0, 0.05) is 8.95 Å². The molecule has 0 aliphatic heterocycles. The highest BCUT2D eigenvalue weighted by Gasteiger charge is 2.09. The van der Waals surface area contributed by atoms with Crippen LogP contribution in [0.25, 0.3) is 0 Å². The molecule has 10 heteroatoms. The molecule has 0 saturated heterocycles. The molecule has 152 valence electrons. The second-order valence-corrected chi connectivity index (χ2v) is 7.77. The molecule has 4 amide bonds. The van der Waals surface area contributed by atoms with Gasteiger partial charge in [0.25, 0.3) is 0 Å². The van der Waals surface area contributed by atoms with Gasteiger partial charge in [-0.3, -0.25) is 0 Å². The highest BCUT2D eigenvalue weighted by atomic mass is 79.9. The Hall–Kier alpha value is -2.72. The minimum Gasteiger partial charge on any atom is -0.350 e. The van der Waals surface area contributed by atoms with Crippen molar-refractivity contribution >= 4 is 55.3 Å². The molecule has 0 saturated carbocycles. The van der Waals surface area contributed by atoms with Crippen molar-refractivity contribution in [3.05, 3.63) is 68.6 Å². The maximum Gasteiger partial charge on any atom is 0.332 e. The van der Waals surface area contributed by atoms with E-state index in [0.29, 0.717) is 30.7 Å². The summed E-state index contributed by atoms with van der Waals surface area (Å²) in [7, 11) is 0. The number of hydrogen-bond acceptors (Lipinski definition) is 4. The van der Waals surface area contributed by atoms with Crippen LogP contribution in [0.4, 0.5) is 9.59 Å². The predicted molar refractivity (Wildman–Crippen MR) is 121 cm³/mol. The number of hydrogen-bond donors (Lipinski definition) is 4. The number of nitrogens with one attached hydrogen (secondary N) is 2. The van der Waals surface area contributed by atoms with Gasteiger partial charge in [-0.25, -0.2) is 20.4 Å². The second kappa shape index (κ2) is 11.3. The highest BCUT2D eigenvalue weighted by molar-refractivity contribution is 9.10. The second-order valence-electron chi connectivity index (χ2n) is 5.94.